The van der Waals surface area contributed by atoms with Crippen LogP contribution in [0.4, 0.5) is 5.69 Å². The van der Waals surface area contributed by atoms with Gasteiger partial charge < -0.3 is 21.0 Å². The van der Waals surface area contributed by atoms with Crippen molar-refractivity contribution in [2.45, 2.75) is 6.42 Å². The van der Waals surface area contributed by atoms with E-state index in [4.69, 9.17) is 15.7 Å². The van der Waals surface area contributed by atoms with Gasteiger partial charge in [0, 0.05) is 23.5 Å². The summed E-state index contributed by atoms with van der Waals surface area (Å²) in [5.74, 6) is 0.928. The van der Waals surface area contributed by atoms with Crippen LogP contribution in [0.25, 0.3) is 0 Å². The van der Waals surface area contributed by atoms with Gasteiger partial charge in [0.25, 0.3) is 0 Å². The number of amidine groups is 1. The van der Waals surface area contributed by atoms with Gasteiger partial charge in [-0.3, -0.25) is 0 Å². The third kappa shape index (κ3) is 4.08. The van der Waals surface area contributed by atoms with Crippen LogP contribution >= 0.6 is 31.9 Å². The minimum Gasteiger partial charge on any atom is -0.495 e. The van der Waals surface area contributed by atoms with Gasteiger partial charge in [-0.1, -0.05) is 5.16 Å². The molecular weight excluding hydrogens is 354 g/mol. The van der Waals surface area contributed by atoms with Crippen LogP contribution in [0.3, 0.4) is 0 Å². The lowest BCUT2D eigenvalue weighted by atomic mass is 10.3. The summed E-state index contributed by atoms with van der Waals surface area (Å²) in [5.41, 5.74) is 6.26. The predicted octanol–water partition coefficient (Wildman–Crippen LogP) is 2.77. The number of nitrogens with zero attached hydrogens (tertiary/aromatic N) is 1. The zero-order valence-electron chi connectivity index (χ0n) is 9.20. The van der Waals surface area contributed by atoms with E-state index in [2.05, 4.69) is 42.3 Å². The Labute approximate surface area is 116 Å². The van der Waals surface area contributed by atoms with Crippen LogP contribution in [0.1, 0.15) is 6.42 Å². The lowest BCUT2D eigenvalue weighted by Gasteiger charge is -2.11. The van der Waals surface area contributed by atoms with Crippen LogP contribution in [0.15, 0.2) is 26.2 Å². The smallest absolute Gasteiger partial charge is 0.140 e. The van der Waals surface area contributed by atoms with Crippen molar-refractivity contribution in [1.82, 2.24) is 0 Å². The average molecular weight is 367 g/mol. The summed E-state index contributed by atoms with van der Waals surface area (Å²) in [4.78, 5) is 0. The van der Waals surface area contributed by atoms with E-state index in [1.807, 2.05) is 12.1 Å². The summed E-state index contributed by atoms with van der Waals surface area (Å²) in [6.07, 6.45) is 0.460. The number of rotatable bonds is 5. The molecule has 0 aromatic heterocycles. The fourth-order valence-electron chi connectivity index (χ4n) is 1.20. The second-order valence-corrected chi connectivity index (χ2v) is 4.94. The zero-order chi connectivity index (χ0) is 12.8. The maximum Gasteiger partial charge on any atom is 0.140 e. The van der Waals surface area contributed by atoms with Crippen LogP contribution in [-0.2, 0) is 0 Å². The van der Waals surface area contributed by atoms with Crippen molar-refractivity contribution in [2.24, 2.45) is 10.9 Å². The van der Waals surface area contributed by atoms with Crippen molar-refractivity contribution < 1.29 is 9.94 Å². The number of ether oxygens (including phenoxy) is 1. The van der Waals surface area contributed by atoms with E-state index in [0.29, 0.717) is 13.0 Å². The molecule has 0 spiro atoms. The number of anilines is 1. The Bertz CT molecular complexity index is 424. The molecule has 0 saturated heterocycles. The number of methoxy groups -OCH3 is 1. The molecule has 1 aromatic carbocycles. The fourth-order valence-corrected chi connectivity index (χ4v) is 2.49. The maximum absolute atomic E-state index is 8.40. The van der Waals surface area contributed by atoms with E-state index < -0.39 is 0 Å². The molecule has 7 heteroatoms. The first-order chi connectivity index (χ1) is 8.08. The zero-order valence-corrected chi connectivity index (χ0v) is 12.4. The summed E-state index contributed by atoms with van der Waals surface area (Å²) < 4.78 is 6.97. The van der Waals surface area contributed by atoms with Crippen LogP contribution in [0.2, 0.25) is 0 Å². The predicted molar refractivity (Wildman–Crippen MR) is 74.9 cm³/mol. The van der Waals surface area contributed by atoms with Crippen molar-refractivity contribution in [3.8, 4) is 5.75 Å². The molecule has 0 radical (unpaired) electrons. The molecular formula is C10H13Br2N3O2. The molecule has 17 heavy (non-hydrogen) atoms. The first-order valence-corrected chi connectivity index (χ1v) is 6.40. The molecule has 0 unspecified atom stereocenters. The van der Waals surface area contributed by atoms with Crippen molar-refractivity contribution in [1.29, 1.82) is 0 Å². The molecule has 94 valence electrons. The molecule has 0 amide bonds. The molecule has 0 aliphatic rings. The van der Waals surface area contributed by atoms with E-state index >= 15 is 0 Å². The van der Waals surface area contributed by atoms with Crippen molar-refractivity contribution in [2.75, 3.05) is 19.0 Å². The second-order valence-electron chi connectivity index (χ2n) is 3.23. The molecule has 0 bridgehead atoms. The van der Waals surface area contributed by atoms with Gasteiger partial charge >= 0.3 is 0 Å². The summed E-state index contributed by atoms with van der Waals surface area (Å²) >= 11 is 6.82. The van der Waals surface area contributed by atoms with E-state index in [1.54, 1.807) is 7.11 Å². The van der Waals surface area contributed by atoms with E-state index in [9.17, 15) is 0 Å². The largest absolute Gasteiger partial charge is 0.495 e. The van der Waals surface area contributed by atoms with Gasteiger partial charge in [-0.2, -0.15) is 0 Å². The molecule has 0 fully saturated rings. The van der Waals surface area contributed by atoms with E-state index in [-0.39, 0.29) is 5.84 Å². The highest BCUT2D eigenvalue weighted by atomic mass is 79.9. The van der Waals surface area contributed by atoms with Gasteiger partial charge in [-0.15, -0.1) is 0 Å². The lowest BCUT2D eigenvalue weighted by molar-refractivity contribution is 0.317. The van der Waals surface area contributed by atoms with Gasteiger partial charge in [0.2, 0.25) is 0 Å². The SMILES string of the molecule is COc1cc(NCC/C(N)=N/O)c(Br)cc1Br. The molecule has 0 aliphatic heterocycles. The minimum absolute atomic E-state index is 0.192. The summed E-state index contributed by atoms with van der Waals surface area (Å²) in [5, 5.41) is 14.5. The highest BCUT2D eigenvalue weighted by Gasteiger charge is 2.06. The summed E-state index contributed by atoms with van der Waals surface area (Å²) in [6, 6.07) is 3.76. The van der Waals surface area contributed by atoms with Crippen LogP contribution in [0, 0.1) is 0 Å². The molecule has 1 rings (SSSR count). The van der Waals surface area contributed by atoms with E-state index in [1.165, 1.54) is 0 Å². The number of benzene rings is 1. The highest BCUT2D eigenvalue weighted by molar-refractivity contribution is 9.11. The molecule has 0 atom stereocenters. The minimum atomic E-state index is 0.192. The molecule has 5 nitrogen and oxygen atoms in total. The Balaban J connectivity index is 2.71. The quantitative estimate of drug-likeness (QED) is 0.324. The first kappa shape index (κ1) is 14.1. The van der Waals surface area contributed by atoms with Gasteiger partial charge in [0.1, 0.15) is 11.6 Å². The Morgan fingerprint density at radius 2 is 2.18 bits per heavy atom. The van der Waals surface area contributed by atoms with Gasteiger partial charge in [-0.05, 0) is 37.9 Å². The number of nitrogens with one attached hydrogen (secondary N) is 1. The third-order valence-electron chi connectivity index (χ3n) is 2.07. The molecule has 0 heterocycles. The monoisotopic (exact) mass is 365 g/mol. The number of hydrogen-bond acceptors (Lipinski definition) is 4. The first-order valence-electron chi connectivity index (χ1n) is 4.81. The summed E-state index contributed by atoms with van der Waals surface area (Å²) in [7, 11) is 1.61. The van der Waals surface area contributed by atoms with Crippen LogP contribution in [-0.4, -0.2) is 24.7 Å². The second kappa shape index (κ2) is 6.70. The molecule has 1 aromatic rings. The van der Waals surface area contributed by atoms with Crippen LogP contribution in [0.5, 0.6) is 5.75 Å². The van der Waals surface area contributed by atoms with Crippen LogP contribution < -0.4 is 15.8 Å². The van der Waals surface area contributed by atoms with Crippen molar-refractivity contribution in [3.63, 3.8) is 0 Å². The normalized spacial score (nSPS) is 11.4. The van der Waals surface area contributed by atoms with Crippen molar-refractivity contribution in [3.05, 3.63) is 21.1 Å². The Morgan fingerprint density at radius 3 is 2.76 bits per heavy atom. The molecule has 4 N–H and O–H groups in total. The maximum atomic E-state index is 8.40. The topological polar surface area (TPSA) is 79.9 Å². The number of hydrogen-bond donors (Lipinski definition) is 3. The molecule has 0 saturated carbocycles. The Kier molecular flexibility index (Phi) is 5.57. The van der Waals surface area contributed by atoms with Gasteiger partial charge in [-0.25, -0.2) is 0 Å². The number of halogens is 2. The average Bonchev–Trinajstić information content (AvgIpc) is 2.31. The third-order valence-corrected chi connectivity index (χ3v) is 3.34. The standard InChI is InChI=1S/C10H13Br2N3O2/c1-17-9-5-8(6(11)4-7(9)12)14-3-2-10(13)15-16/h4-5,14,16H,2-3H2,1H3,(H2,13,15). The van der Waals surface area contributed by atoms with Gasteiger partial charge in [0.05, 0.1) is 17.3 Å². The highest BCUT2D eigenvalue weighted by Crippen LogP contribution is 2.34. The number of nitrogens with two attached hydrogens (primary N) is 1. The lowest BCUT2D eigenvalue weighted by Crippen LogP contribution is -2.16. The Hall–Kier alpha value is -0.950. The van der Waals surface area contributed by atoms with E-state index in [0.717, 1.165) is 20.4 Å². The number of oxime groups is 1. The van der Waals surface area contributed by atoms with Crippen molar-refractivity contribution >= 4 is 43.4 Å². The fraction of sp³-hybridized carbons (Fsp3) is 0.300. The summed E-state index contributed by atoms with van der Waals surface area (Å²) in [6.45, 7) is 0.569. The molecule has 0 aliphatic carbocycles. The van der Waals surface area contributed by atoms with Gasteiger partial charge in [0.15, 0.2) is 0 Å². The Morgan fingerprint density at radius 1 is 1.47 bits per heavy atom.